The lowest BCUT2D eigenvalue weighted by molar-refractivity contribution is -0.116. The number of benzene rings is 1. The number of aromatic carboxylic acids is 1. The standard InChI is InChI=1S/C14H19NO4/c1-10-6-7-11(9-12(10)14(17)18)15-13(16)5-3-4-8-19-2/h6-7,9H,3-5,8H2,1-2H3,(H,15,16)(H,17,18). The Morgan fingerprint density at radius 1 is 1.32 bits per heavy atom. The topological polar surface area (TPSA) is 75.6 Å². The van der Waals surface area contributed by atoms with Crippen molar-refractivity contribution in [3.8, 4) is 0 Å². The minimum absolute atomic E-state index is 0.115. The minimum atomic E-state index is -0.992. The van der Waals surface area contributed by atoms with Crippen LogP contribution in [0.15, 0.2) is 18.2 Å². The SMILES string of the molecule is COCCCCC(=O)Nc1ccc(C)c(C(=O)O)c1. The quantitative estimate of drug-likeness (QED) is 0.742. The van der Waals surface area contributed by atoms with Crippen LogP contribution in [0.25, 0.3) is 0 Å². The van der Waals surface area contributed by atoms with Crippen molar-refractivity contribution in [3.63, 3.8) is 0 Å². The number of rotatable bonds is 7. The summed E-state index contributed by atoms with van der Waals surface area (Å²) in [5.41, 5.74) is 1.39. The number of carboxylic acids is 1. The van der Waals surface area contributed by atoms with Crippen molar-refractivity contribution in [2.24, 2.45) is 0 Å². The number of nitrogens with one attached hydrogen (secondary N) is 1. The van der Waals surface area contributed by atoms with Gasteiger partial charge in [0.1, 0.15) is 0 Å². The molecule has 0 bridgehead atoms. The molecule has 0 saturated heterocycles. The first-order chi connectivity index (χ1) is 9.04. The van der Waals surface area contributed by atoms with Gasteiger partial charge in [-0.05, 0) is 37.5 Å². The van der Waals surface area contributed by atoms with Gasteiger partial charge in [0, 0.05) is 25.8 Å². The number of unbranched alkanes of at least 4 members (excludes halogenated alkanes) is 1. The predicted octanol–water partition coefficient (Wildman–Crippen LogP) is 2.45. The van der Waals surface area contributed by atoms with Gasteiger partial charge in [-0.2, -0.15) is 0 Å². The van der Waals surface area contributed by atoms with E-state index < -0.39 is 5.97 Å². The highest BCUT2D eigenvalue weighted by molar-refractivity contribution is 5.94. The summed E-state index contributed by atoms with van der Waals surface area (Å²) in [6, 6.07) is 4.86. The third-order valence-corrected chi connectivity index (χ3v) is 2.75. The van der Waals surface area contributed by atoms with E-state index in [1.807, 2.05) is 0 Å². The summed E-state index contributed by atoms with van der Waals surface area (Å²) < 4.78 is 4.90. The number of carboxylic acid groups (broad SMARTS) is 1. The number of methoxy groups -OCH3 is 1. The molecule has 104 valence electrons. The molecule has 19 heavy (non-hydrogen) atoms. The molecule has 0 atom stereocenters. The van der Waals surface area contributed by atoms with Crippen molar-refractivity contribution in [1.82, 2.24) is 0 Å². The van der Waals surface area contributed by atoms with E-state index in [2.05, 4.69) is 5.32 Å². The second-order valence-electron chi connectivity index (χ2n) is 4.33. The second-order valence-corrected chi connectivity index (χ2v) is 4.33. The lowest BCUT2D eigenvalue weighted by Gasteiger charge is -2.07. The van der Waals surface area contributed by atoms with Crippen molar-refractivity contribution in [2.45, 2.75) is 26.2 Å². The summed E-state index contributed by atoms with van der Waals surface area (Å²) in [4.78, 5) is 22.6. The molecular formula is C14H19NO4. The molecule has 0 aliphatic rings. The third-order valence-electron chi connectivity index (χ3n) is 2.75. The van der Waals surface area contributed by atoms with Crippen molar-refractivity contribution in [2.75, 3.05) is 19.0 Å². The van der Waals surface area contributed by atoms with Crippen molar-refractivity contribution in [1.29, 1.82) is 0 Å². The van der Waals surface area contributed by atoms with E-state index in [9.17, 15) is 9.59 Å². The molecule has 5 nitrogen and oxygen atoms in total. The van der Waals surface area contributed by atoms with Crippen LogP contribution in [0.1, 0.15) is 35.2 Å². The van der Waals surface area contributed by atoms with Gasteiger partial charge in [0.05, 0.1) is 5.56 Å². The molecular weight excluding hydrogens is 246 g/mol. The summed E-state index contributed by atoms with van der Waals surface area (Å²) in [6.45, 7) is 2.36. The van der Waals surface area contributed by atoms with Gasteiger partial charge in [0.2, 0.25) is 5.91 Å². The highest BCUT2D eigenvalue weighted by Gasteiger charge is 2.09. The first-order valence-corrected chi connectivity index (χ1v) is 6.17. The molecule has 1 aromatic rings. The Morgan fingerprint density at radius 3 is 2.68 bits per heavy atom. The van der Waals surface area contributed by atoms with E-state index in [0.29, 0.717) is 24.3 Å². The summed E-state index contributed by atoms with van der Waals surface area (Å²) in [5.74, 6) is -1.11. The molecule has 0 fully saturated rings. The predicted molar refractivity (Wildman–Crippen MR) is 72.5 cm³/mol. The third kappa shape index (κ3) is 5.09. The van der Waals surface area contributed by atoms with Crippen molar-refractivity contribution >= 4 is 17.6 Å². The van der Waals surface area contributed by atoms with E-state index in [1.54, 1.807) is 26.2 Å². The lowest BCUT2D eigenvalue weighted by atomic mass is 10.1. The van der Waals surface area contributed by atoms with E-state index in [-0.39, 0.29) is 11.5 Å². The van der Waals surface area contributed by atoms with Crippen molar-refractivity contribution in [3.05, 3.63) is 29.3 Å². The normalized spacial score (nSPS) is 10.2. The first-order valence-electron chi connectivity index (χ1n) is 6.17. The molecule has 0 unspecified atom stereocenters. The maximum atomic E-state index is 11.6. The molecule has 0 saturated carbocycles. The lowest BCUT2D eigenvalue weighted by Crippen LogP contribution is -2.12. The molecule has 0 aliphatic carbocycles. The number of hydrogen-bond acceptors (Lipinski definition) is 3. The number of aryl methyl sites for hydroxylation is 1. The molecule has 1 amide bonds. The molecule has 0 aromatic heterocycles. The van der Waals surface area contributed by atoms with Crippen LogP contribution in [0, 0.1) is 6.92 Å². The zero-order valence-corrected chi connectivity index (χ0v) is 11.2. The van der Waals surface area contributed by atoms with Gasteiger partial charge in [-0.3, -0.25) is 4.79 Å². The first kappa shape index (κ1) is 15.2. The molecule has 0 spiro atoms. The van der Waals surface area contributed by atoms with Crippen LogP contribution in [0.5, 0.6) is 0 Å². The Bertz CT molecular complexity index is 457. The maximum absolute atomic E-state index is 11.6. The Kier molecular flexibility index (Phi) is 6.02. The molecule has 1 aromatic carbocycles. The molecule has 2 N–H and O–H groups in total. The van der Waals surface area contributed by atoms with E-state index in [1.165, 1.54) is 6.07 Å². The number of anilines is 1. The number of ether oxygens (including phenoxy) is 1. The second kappa shape index (κ2) is 7.53. The molecule has 1 rings (SSSR count). The maximum Gasteiger partial charge on any atom is 0.336 e. The van der Waals surface area contributed by atoms with Gasteiger partial charge in [-0.15, -0.1) is 0 Å². The van der Waals surface area contributed by atoms with E-state index in [0.717, 1.165) is 12.8 Å². The zero-order valence-electron chi connectivity index (χ0n) is 11.2. The van der Waals surface area contributed by atoms with Crippen LogP contribution in [0.4, 0.5) is 5.69 Å². The molecule has 0 radical (unpaired) electrons. The number of carbonyl (C=O) groups excluding carboxylic acids is 1. The summed E-state index contributed by atoms with van der Waals surface area (Å²) in [5, 5.41) is 11.7. The fourth-order valence-corrected chi connectivity index (χ4v) is 1.69. The molecule has 0 aliphatic heterocycles. The molecule has 5 heteroatoms. The average molecular weight is 265 g/mol. The van der Waals surface area contributed by atoms with Crippen molar-refractivity contribution < 1.29 is 19.4 Å². The van der Waals surface area contributed by atoms with Crippen LogP contribution >= 0.6 is 0 Å². The highest BCUT2D eigenvalue weighted by atomic mass is 16.5. The monoisotopic (exact) mass is 265 g/mol. The van der Waals surface area contributed by atoms with E-state index >= 15 is 0 Å². The van der Waals surface area contributed by atoms with Crippen LogP contribution in [0.3, 0.4) is 0 Å². The van der Waals surface area contributed by atoms with Crippen LogP contribution < -0.4 is 5.32 Å². The van der Waals surface area contributed by atoms with Gasteiger partial charge in [0.25, 0.3) is 0 Å². The number of hydrogen-bond donors (Lipinski definition) is 2. The van der Waals surface area contributed by atoms with Crippen LogP contribution in [-0.4, -0.2) is 30.7 Å². The van der Waals surface area contributed by atoms with Gasteiger partial charge in [-0.1, -0.05) is 6.07 Å². The molecule has 0 heterocycles. The Balaban J connectivity index is 2.55. The fraction of sp³-hybridized carbons (Fsp3) is 0.429. The van der Waals surface area contributed by atoms with Gasteiger partial charge in [0.15, 0.2) is 0 Å². The van der Waals surface area contributed by atoms with Crippen LogP contribution in [0.2, 0.25) is 0 Å². The zero-order chi connectivity index (χ0) is 14.3. The summed E-state index contributed by atoms with van der Waals surface area (Å²) in [7, 11) is 1.62. The van der Waals surface area contributed by atoms with Crippen LogP contribution in [-0.2, 0) is 9.53 Å². The van der Waals surface area contributed by atoms with Gasteiger partial charge in [-0.25, -0.2) is 4.79 Å². The van der Waals surface area contributed by atoms with Gasteiger partial charge >= 0.3 is 5.97 Å². The number of carbonyl (C=O) groups is 2. The van der Waals surface area contributed by atoms with E-state index in [4.69, 9.17) is 9.84 Å². The fourth-order valence-electron chi connectivity index (χ4n) is 1.69. The summed E-state index contributed by atoms with van der Waals surface area (Å²) in [6.07, 6.45) is 1.98. The Labute approximate surface area is 112 Å². The smallest absolute Gasteiger partial charge is 0.336 e. The average Bonchev–Trinajstić information content (AvgIpc) is 2.36. The Hall–Kier alpha value is -1.88. The minimum Gasteiger partial charge on any atom is -0.478 e. The highest BCUT2D eigenvalue weighted by Crippen LogP contribution is 2.15. The number of amides is 1. The Morgan fingerprint density at radius 2 is 2.05 bits per heavy atom. The summed E-state index contributed by atoms with van der Waals surface area (Å²) >= 11 is 0. The largest absolute Gasteiger partial charge is 0.478 e. The van der Waals surface area contributed by atoms with Gasteiger partial charge < -0.3 is 15.2 Å².